The summed E-state index contributed by atoms with van der Waals surface area (Å²) in [4.78, 5) is 34.5. The number of carbonyl (C=O) groups excluding carboxylic acids is 1. The van der Waals surface area contributed by atoms with Crippen LogP contribution in [-0.2, 0) is 19.9 Å². The highest BCUT2D eigenvalue weighted by Gasteiger charge is 2.28. The first-order chi connectivity index (χ1) is 15.3. The van der Waals surface area contributed by atoms with Crippen LogP contribution in [0.15, 0.2) is 24.5 Å². The first-order valence-corrected chi connectivity index (χ1v) is 11.3. The predicted octanol–water partition coefficient (Wildman–Crippen LogP) is 2.54. The van der Waals surface area contributed by atoms with Crippen molar-refractivity contribution in [3.8, 4) is 10.6 Å². The molecular weight excluding hydrogens is 428 g/mol. The number of likely N-dealkylation sites (tertiary alicyclic amines) is 1. The molecule has 3 aromatic heterocycles. The van der Waals surface area contributed by atoms with E-state index in [2.05, 4.69) is 35.0 Å². The number of aromatic carboxylic acids is 1. The van der Waals surface area contributed by atoms with Crippen LogP contribution in [-0.4, -0.2) is 61.3 Å². The molecule has 0 radical (unpaired) electrons. The Morgan fingerprint density at radius 1 is 1.31 bits per heavy atom. The number of amides is 1. The second kappa shape index (κ2) is 10.5. The van der Waals surface area contributed by atoms with Crippen LogP contribution in [0.25, 0.3) is 10.6 Å². The van der Waals surface area contributed by atoms with Gasteiger partial charge in [0, 0.05) is 48.9 Å². The highest BCUT2D eigenvalue weighted by Crippen LogP contribution is 2.28. The Kier molecular flexibility index (Phi) is 7.70. The van der Waals surface area contributed by atoms with Crippen molar-refractivity contribution in [2.75, 3.05) is 19.6 Å². The Labute approximate surface area is 190 Å². The molecule has 0 atom stereocenters. The Bertz CT molecular complexity index is 1100. The molecule has 170 valence electrons. The maximum absolute atomic E-state index is 11.8. The van der Waals surface area contributed by atoms with Crippen LogP contribution in [0.5, 0.6) is 0 Å². The molecule has 4 rings (SSSR count). The zero-order valence-corrected chi connectivity index (χ0v) is 19.4. The van der Waals surface area contributed by atoms with E-state index in [1.807, 2.05) is 12.3 Å². The standard InChI is InChI=1S/C13H17N3S.C9H11N3O3/c1-3-11-8-10(5-7-15-11)13-16-12(4-6-14)9(2)17-13;1-11-7(9(14)15)6(5-10-11)8(13)12-3-2-4-12/h5,7-8H,3-4,6,14H2,1-2H3;5H,2-4H2,1H3,(H,14,15). The quantitative estimate of drug-likeness (QED) is 0.583. The van der Waals surface area contributed by atoms with Crippen LogP contribution in [0.3, 0.4) is 0 Å². The number of rotatable bonds is 6. The van der Waals surface area contributed by atoms with Crippen molar-refractivity contribution in [2.45, 2.75) is 33.1 Å². The average Bonchev–Trinajstić information content (AvgIpc) is 3.30. The van der Waals surface area contributed by atoms with Crippen molar-refractivity contribution in [2.24, 2.45) is 12.8 Å². The third-order valence-electron chi connectivity index (χ3n) is 5.21. The number of hydrogen-bond donors (Lipinski definition) is 2. The zero-order valence-electron chi connectivity index (χ0n) is 18.5. The van der Waals surface area contributed by atoms with Crippen LogP contribution in [0.2, 0.25) is 0 Å². The maximum atomic E-state index is 11.8. The SMILES string of the molecule is CCc1cc(-c2nc(CCN)c(C)s2)ccn1.Cn1ncc(C(=O)N2CCC2)c1C(=O)O. The summed E-state index contributed by atoms with van der Waals surface area (Å²) in [5.74, 6) is -1.37. The zero-order chi connectivity index (χ0) is 23.3. The van der Waals surface area contributed by atoms with Gasteiger partial charge in [-0.05, 0) is 38.4 Å². The molecule has 0 saturated carbocycles. The van der Waals surface area contributed by atoms with Gasteiger partial charge >= 0.3 is 5.97 Å². The van der Waals surface area contributed by atoms with Gasteiger partial charge in [0.1, 0.15) is 5.01 Å². The lowest BCUT2D eigenvalue weighted by atomic mass is 10.1. The van der Waals surface area contributed by atoms with E-state index in [9.17, 15) is 9.59 Å². The lowest BCUT2D eigenvalue weighted by molar-refractivity contribution is 0.0621. The minimum Gasteiger partial charge on any atom is -0.477 e. The third-order valence-corrected chi connectivity index (χ3v) is 6.28. The normalized spacial score (nSPS) is 12.7. The fourth-order valence-electron chi connectivity index (χ4n) is 3.26. The number of carboxylic acids is 1. The Morgan fingerprint density at radius 2 is 2.06 bits per heavy atom. The second-order valence-electron chi connectivity index (χ2n) is 7.43. The second-order valence-corrected chi connectivity index (χ2v) is 8.63. The summed E-state index contributed by atoms with van der Waals surface area (Å²) >= 11 is 1.73. The van der Waals surface area contributed by atoms with Gasteiger partial charge in [-0.15, -0.1) is 11.3 Å². The minimum atomic E-state index is -1.13. The summed E-state index contributed by atoms with van der Waals surface area (Å²) in [5.41, 5.74) is 9.09. The highest BCUT2D eigenvalue weighted by atomic mass is 32.1. The summed E-state index contributed by atoms with van der Waals surface area (Å²) in [6, 6.07) is 4.13. The monoisotopic (exact) mass is 456 g/mol. The summed E-state index contributed by atoms with van der Waals surface area (Å²) < 4.78 is 1.20. The summed E-state index contributed by atoms with van der Waals surface area (Å²) in [6.45, 7) is 6.27. The number of carbonyl (C=O) groups is 2. The van der Waals surface area contributed by atoms with E-state index in [1.54, 1.807) is 16.2 Å². The number of pyridine rings is 1. The Morgan fingerprint density at radius 3 is 2.66 bits per heavy atom. The highest BCUT2D eigenvalue weighted by molar-refractivity contribution is 7.15. The molecule has 1 aliphatic heterocycles. The van der Waals surface area contributed by atoms with E-state index < -0.39 is 5.97 Å². The van der Waals surface area contributed by atoms with Crippen molar-refractivity contribution in [3.63, 3.8) is 0 Å². The summed E-state index contributed by atoms with van der Waals surface area (Å²) in [7, 11) is 1.51. The number of hydrogen-bond acceptors (Lipinski definition) is 7. The Hall–Kier alpha value is -3.11. The molecule has 0 aromatic carbocycles. The van der Waals surface area contributed by atoms with Crippen LogP contribution in [0.1, 0.15) is 50.5 Å². The molecule has 9 nitrogen and oxygen atoms in total. The van der Waals surface area contributed by atoms with Crippen LogP contribution < -0.4 is 5.73 Å². The molecule has 3 aromatic rings. The van der Waals surface area contributed by atoms with Crippen LogP contribution in [0.4, 0.5) is 0 Å². The molecule has 10 heteroatoms. The number of carboxylic acid groups (broad SMARTS) is 1. The van der Waals surface area contributed by atoms with Gasteiger partial charge in [0.2, 0.25) is 0 Å². The van der Waals surface area contributed by atoms with Gasteiger partial charge in [-0.2, -0.15) is 5.10 Å². The number of aryl methyl sites for hydroxylation is 3. The molecule has 3 N–H and O–H groups in total. The van der Waals surface area contributed by atoms with E-state index in [1.165, 1.54) is 22.8 Å². The molecule has 1 fully saturated rings. The molecule has 1 aliphatic rings. The third kappa shape index (κ3) is 5.20. The molecule has 1 saturated heterocycles. The van der Waals surface area contributed by atoms with Gasteiger partial charge in [-0.25, -0.2) is 9.78 Å². The lowest BCUT2D eigenvalue weighted by Gasteiger charge is -2.30. The van der Waals surface area contributed by atoms with Gasteiger partial charge in [0.15, 0.2) is 5.69 Å². The molecular formula is C22H28N6O3S. The van der Waals surface area contributed by atoms with Gasteiger partial charge in [0.05, 0.1) is 17.5 Å². The topological polar surface area (TPSA) is 127 Å². The maximum Gasteiger partial charge on any atom is 0.354 e. The largest absolute Gasteiger partial charge is 0.477 e. The Balaban J connectivity index is 0.000000182. The number of aromatic nitrogens is 4. The van der Waals surface area contributed by atoms with E-state index in [0.29, 0.717) is 19.6 Å². The summed E-state index contributed by atoms with van der Waals surface area (Å²) in [5, 5.41) is 13.8. The van der Waals surface area contributed by atoms with Gasteiger partial charge in [-0.3, -0.25) is 14.5 Å². The van der Waals surface area contributed by atoms with Crippen molar-refractivity contribution >= 4 is 23.2 Å². The fourth-order valence-corrected chi connectivity index (χ4v) is 4.22. The molecule has 32 heavy (non-hydrogen) atoms. The van der Waals surface area contributed by atoms with Crippen molar-refractivity contribution in [1.82, 2.24) is 24.6 Å². The van der Waals surface area contributed by atoms with Gasteiger partial charge < -0.3 is 15.7 Å². The van der Waals surface area contributed by atoms with Crippen LogP contribution in [0, 0.1) is 6.92 Å². The molecule has 1 amide bonds. The molecule has 0 spiro atoms. The molecule has 0 bridgehead atoms. The molecule has 0 unspecified atom stereocenters. The van der Waals surface area contributed by atoms with E-state index in [0.717, 1.165) is 41.2 Å². The molecule has 0 aliphatic carbocycles. The predicted molar refractivity (Wildman–Crippen MR) is 123 cm³/mol. The van der Waals surface area contributed by atoms with Crippen molar-refractivity contribution in [3.05, 3.63) is 52.0 Å². The van der Waals surface area contributed by atoms with Crippen molar-refractivity contribution < 1.29 is 14.7 Å². The number of thiazole rings is 1. The smallest absolute Gasteiger partial charge is 0.354 e. The molecule has 4 heterocycles. The van der Waals surface area contributed by atoms with Crippen LogP contribution >= 0.6 is 11.3 Å². The van der Waals surface area contributed by atoms with E-state index in [-0.39, 0.29) is 17.2 Å². The fraction of sp³-hybridized carbons (Fsp3) is 0.409. The summed E-state index contributed by atoms with van der Waals surface area (Å²) in [6.07, 6.45) is 5.95. The minimum absolute atomic E-state index is 0.0492. The number of nitrogens with two attached hydrogens (primary N) is 1. The lowest BCUT2D eigenvalue weighted by Crippen LogP contribution is -2.42. The van der Waals surface area contributed by atoms with Gasteiger partial charge in [-0.1, -0.05) is 6.92 Å². The van der Waals surface area contributed by atoms with Gasteiger partial charge in [0.25, 0.3) is 5.91 Å². The van der Waals surface area contributed by atoms with E-state index in [4.69, 9.17) is 10.8 Å². The average molecular weight is 457 g/mol. The number of nitrogens with zero attached hydrogens (tertiary/aromatic N) is 5. The van der Waals surface area contributed by atoms with Crippen molar-refractivity contribution in [1.29, 1.82) is 0 Å². The van der Waals surface area contributed by atoms with E-state index >= 15 is 0 Å². The first kappa shape index (κ1) is 23.6. The first-order valence-electron chi connectivity index (χ1n) is 10.5.